The molecular formula is C23H26N6O. The smallest absolute Gasteiger partial charge is 0.226 e. The molecule has 0 N–H and O–H groups in total. The van der Waals surface area contributed by atoms with Gasteiger partial charge in [-0.15, -0.1) is 5.10 Å². The van der Waals surface area contributed by atoms with E-state index in [1.54, 1.807) is 12.4 Å². The molecule has 3 aromatic rings. The molecule has 30 heavy (non-hydrogen) atoms. The first kappa shape index (κ1) is 18.9. The van der Waals surface area contributed by atoms with E-state index in [4.69, 9.17) is 0 Å². The topological polar surface area (TPSA) is 75.1 Å². The Morgan fingerprint density at radius 1 is 1.07 bits per heavy atom. The van der Waals surface area contributed by atoms with E-state index in [9.17, 15) is 4.79 Å². The molecule has 0 aliphatic carbocycles. The number of carbonyl (C=O) groups excluding carboxylic acids is 1. The number of nitrogens with zero attached hydrogens (tertiary/aromatic N) is 6. The van der Waals surface area contributed by atoms with Crippen LogP contribution in [-0.2, 0) is 11.2 Å². The maximum Gasteiger partial charge on any atom is 0.226 e. The third kappa shape index (κ3) is 3.60. The average Bonchev–Trinajstić information content (AvgIpc) is 3.09. The number of hydrogen-bond donors (Lipinski definition) is 0. The second kappa shape index (κ2) is 7.97. The summed E-state index contributed by atoms with van der Waals surface area (Å²) < 4.78 is 0. The van der Waals surface area contributed by atoms with E-state index in [-0.39, 0.29) is 12.0 Å². The van der Waals surface area contributed by atoms with Gasteiger partial charge in [0, 0.05) is 37.9 Å². The van der Waals surface area contributed by atoms with Crippen LogP contribution in [0.5, 0.6) is 0 Å². The summed E-state index contributed by atoms with van der Waals surface area (Å²) in [6, 6.07) is 10.5. The van der Waals surface area contributed by atoms with Gasteiger partial charge in [-0.05, 0) is 56.4 Å². The zero-order chi connectivity index (χ0) is 20.5. The van der Waals surface area contributed by atoms with Crippen LogP contribution in [0.3, 0.4) is 0 Å². The minimum absolute atomic E-state index is 0.125. The van der Waals surface area contributed by atoms with Gasteiger partial charge in [-0.1, -0.05) is 12.1 Å². The quantitative estimate of drug-likeness (QED) is 0.653. The Bertz CT molecular complexity index is 1050. The van der Waals surface area contributed by atoms with Crippen molar-refractivity contribution in [2.45, 2.75) is 38.6 Å². The molecule has 2 atom stereocenters. The van der Waals surface area contributed by atoms with Gasteiger partial charge in [0.15, 0.2) is 5.82 Å². The number of aromatic nitrogens is 4. The Balaban J connectivity index is 1.20. The molecule has 2 fully saturated rings. The van der Waals surface area contributed by atoms with E-state index in [0.717, 1.165) is 67.9 Å². The molecule has 0 unspecified atom stereocenters. The number of anilines is 1. The summed E-state index contributed by atoms with van der Waals surface area (Å²) in [7, 11) is 0. The molecule has 0 saturated carbocycles. The lowest BCUT2D eigenvalue weighted by Crippen LogP contribution is -2.51. The predicted octanol–water partition coefficient (Wildman–Crippen LogP) is 2.79. The second-order valence-electron chi connectivity index (χ2n) is 8.33. The fourth-order valence-corrected chi connectivity index (χ4v) is 4.81. The molecule has 0 bridgehead atoms. The first-order valence-corrected chi connectivity index (χ1v) is 10.7. The largest absolute Gasteiger partial charge is 0.351 e. The molecule has 2 aromatic heterocycles. The zero-order valence-electron chi connectivity index (χ0n) is 17.2. The molecule has 7 nitrogen and oxygen atoms in total. The Hall–Kier alpha value is -3.09. The summed E-state index contributed by atoms with van der Waals surface area (Å²) in [6.07, 6.45) is 7.24. The van der Waals surface area contributed by atoms with E-state index in [2.05, 4.69) is 36.0 Å². The van der Waals surface area contributed by atoms with E-state index in [1.165, 1.54) is 5.56 Å². The van der Waals surface area contributed by atoms with Crippen LogP contribution in [0.2, 0.25) is 0 Å². The van der Waals surface area contributed by atoms with Gasteiger partial charge in [0.1, 0.15) is 0 Å². The molecule has 2 aliphatic rings. The molecule has 0 radical (unpaired) electrons. The molecule has 1 amide bonds. The lowest BCUT2D eigenvalue weighted by molar-refractivity contribution is -0.132. The highest BCUT2D eigenvalue weighted by atomic mass is 16.2. The summed E-state index contributed by atoms with van der Waals surface area (Å²) in [6.45, 7) is 4.38. The number of para-hydroxylation sites is 1. The van der Waals surface area contributed by atoms with E-state index >= 15 is 0 Å². The van der Waals surface area contributed by atoms with Gasteiger partial charge in [0.05, 0.1) is 22.8 Å². The highest BCUT2D eigenvalue weighted by Gasteiger charge is 2.42. The molecule has 7 heteroatoms. The van der Waals surface area contributed by atoms with Crippen molar-refractivity contribution in [2.24, 2.45) is 5.92 Å². The number of piperazine rings is 1. The maximum absolute atomic E-state index is 12.9. The monoisotopic (exact) mass is 402 g/mol. The Morgan fingerprint density at radius 3 is 2.83 bits per heavy atom. The molecule has 1 aromatic carbocycles. The van der Waals surface area contributed by atoms with E-state index in [1.807, 2.05) is 31.2 Å². The van der Waals surface area contributed by atoms with Gasteiger partial charge < -0.3 is 9.80 Å². The van der Waals surface area contributed by atoms with Gasteiger partial charge in [0.25, 0.3) is 0 Å². The normalized spacial score (nSPS) is 21.3. The van der Waals surface area contributed by atoms with Crippen molar-refractivity contribution in [2.75, 3.05) is 24.5 Å². The van der Waals surface area contributed by atoms with Crippen LogP contribution >= 0.6 is 0 Å². The minimum atomic E-state index is 0.125. The van der Waals surface area contributed by atoms with Crippen LogP contribution in [0.4, 0.5) is 5.82 Å². The molecular weight excluding hydrogens is 376 g/mol. The number of aryl methyl sites for hydroxylation is 2. The van der Waals surface area contributed by atoms with Crippen LogP contribution in [0.1, 0.15) is 30.5 Å². The van der Waals surface area contributed by atoms with Crippen LogP contribution in [-0.4, -0.2) is 56.6 Å². The number of fused-ring (bicyclic) bond motifs is 2. The summed E-state index contributed by atoms with van der Waals surface area (Å²) >= 11 is 0. The fraction of sp³-hybridized carbons (Fsp3) is 0.435. The SMILES string of the molecule is Cc1ccc(N2CCN3C(=O)[C@@H](CCCc4cccc5nccnc45)C[C@H]3C2)nn1. The van der Waals surface area contributed by atoms with Crippen molar-refractivity contribution in [3.8, 4) is 0 Å². The highest BCUT2D eigenvalue weighted by Crippen LogP contribution is 2.32. The van der Waals surface area contributed by atoms with Crippen LogP contribution in [0, 0.1) is 12.8 Å². The van der Waals surface area contributed by atoms with E-state index < -0.39 is 0 Å². The summed E-state index contributed by atoms with van der Waals surface area (Å²) in [5.74, 6) is 1.36. The van der Waals surface area contributed by atoms with Gasteiger partial charge in [0.2, 0.25) is 5.91 Å². The molecule has 2 aliphatic heterocycles. The van der Waals surface area contributed by atoms with Crippen molar-refractivity contribution in [1.82, 2.24) is 25.1 Å². The van der Waals surface area contributed by atoms with Crippen LogP contribution in [0.25, 0.3) is 11.0 Å². The van der Waals surface area contributed by atoms with Gasteiger partial charge in [-0.25, -0.2) is 0 Å². The first-order chi connectivity index (χ1) is 14.7. The van der Waals surface area contributed by atoms with E-state index in [0.29, 0.717) is 5.91 Å². The lowest BCUT2D eigenvalue weighted by Gasteiger charge is -2.37. The van der Waals surface area contributed by atoms with Gasteiger partial charge >= 0.3 is 0 Å². The van der Waals surface area contributed by atoms with Gasteiger partial charge in [-0.2, -0.15) is 5.10 Å². The third-order valence-electron chi connectivity index (χ3n) is 6.36. The molecule has 4 heterocycles. The zero-order valence-corrected chi connectivity index (χ0v) is 17.2. The molecule has 2 saturated heterocycles. The lowest BCUT2D eigenvalue weighted by atomic mass is 9.96. The maximum atomic E-state index is 12.9. The second-order valence-corrected chi connectivity index (χ2v) is 8.33. The summed E-state index contributed by atoms with van der Waals surface area (Å²) in [4.78, 5) is 26.2. The van der Waals surface area contributed by atoms with Gasteiger partial charge in [-0.3, -0.25) is 14.8 Å². The molecule has 154 valence electrons. The van der Waals surface area contributed by atoms with Crippen molar-refractivity contribution in [3.05, 3.63) is 54.0 Å². The minimum Gasteiger partial charge on any atom is -0.351 e. The molecule has 0 spiro atoms. The van der Waals surface area contributed by atoms with Crippen molar-refractivity contribution in [3.63, 3.8) is 0 Å². The Morgan fingerprint density at radius 2 is 1.97 bits per heavy atom. The van der Waals surface area contributed by atoms with Crippen LogP contribution < -0.4 is 4.90 Å². The predicted molar refractivity (Wildman–Crippen MR) is 115 cm³/mol. The van der Waals surface area contributed by atoms with Crippen molar-refractivity contribution >= 4 is 22.8 Å². The number of amides is 1. The number of hydrogen-bond acceptors (Lipinski definition) is 6. The van der Waals surface area contributed by atoms with Crippen molar-refractivity contribution < 1.29 is 4.79 Å². The average molecular weight is 403 g/mol. The standard InChI is InChI=1S/C23H26N6O/c1-16-8-9-21(27-26-16)28-12-13-29-19(15-28)14-18(23(29)30)6-2-4-17-5-3-7-20-22(17)25-11-10-24-20/h3,5,7-11,18-19H,2,4,6,12-15H2,1H3/t18-,19-/m0/s1. The summed E-state index contributed by atoms with van der Waals surface area (Å²) in [5.41, 5.74) is 4.05. The number of benzene rings is 1. The number of carbonyl (C=O) groups is 1. The fourth-order valence-electron chi connectivity index (χ4n) is 4.81. The van der Waals surface area contributed by atoms with Crippen LogP contribution in [0.15, 0.2) is 42.7 Å². The Kier molecular flexibility index (Phi) is 5.02. The summed E-state index contributed by atoms with van der Waals surface area (Å²) in [5, 5.41) is 8.50. The third-order valence-corrected chi connectivity index (χ3v) is 6.36. The first-order valence-electron chi connectivity index (χ1n) is 10.7. The number of rotatable bonds is 5. The highest BCUT2D eigenvalue weighted by molar-refractivity contribution is 5.82. The van der Waals surface area contributed by atoms with Crippen molar-refractivity contribution in [1.29, 1.82) is 0 Å². The molecule has 5 rings (SSSR count). The Labute approximate surface area is 176 Å².